The molecule has 0 bridgehead atoms. The molecule has 1 atom stereocenters. The van der Waals surface area contributed by atoms with Crippen molar-refractivity contribution in [3.63, 3.8) is 0 Å². The summed E-state index contributed by atoms with van der Waals surface area (Å²) >= 11 is 0. The first kappa shape index (κ1) is 16.4. The third kappa shape index (κ3) is 3.26. The summed E-state index contributed by atoms with van der Waals surface area (Å²) < 4.78 is 5.58. The number of imidazole rings is 1. The van der Waals surface area contributed by atoms with Gasteiger partial charge in [0.2, 0.25) is 5.91 Å². The van der Waals surface area contributed by atoms with Crippen LogP contribution in [0.4, 0.5) is 0 Å². The highest BCUT2D eigenvalue weighted by Gasteiger charge is 2.39. The third-order valence-electron chi connectivity index (χ3n) is 4.35. The van der Waals surface area contributed by atoms with Crippen LogP contribution in [0.3, 0.4) is 0 Å². The molecule has 2 heterocycles. The van der Waals surface area contributed by atoms with Crippen LogP contribution in [0, 0.1) is 0 Å². The van der Waals surface area contributed by atoms with Gasteiger partial charge in [0, 0.05) is 26.4 Å². The second kappa shape index (κ2) is 6.60. The van der Waals surface area contributed by atoms with Crippen molar-refractivity contribution in [3.05, 3.63) is 30.1 Å². The van der Waals surface area contributed by atoms with Crippen molar-refractivity contribution in [1.82, 2.24) is 20.2 Å². The number of fused-ring (bicyclic) bond motifs is 1. The van der Waals surface area contributed by atoms with E-state index in [1.54, 1.807) is 18.9 Å². The summed E-state index contributed by atoms with van der Waals surface area (Å²) in [5, 5.41) is 2.59. The van der Waals surface area contributed by atoms with Gasteiger partial charge in [-0.3, -0.25) is 9.59 Å². The number of morpholine rings is 1. The third-order valence-corrected chi connectivity index (χ3v) is 4.35. The zero-order chi connectivity index (χ0) is 17.2. The summed E-state index contributed by atoms with van der Waals surface area (Å²) in [6.45, 7) is 2.85. The fraction of sp³-hybridized carbons (Fsp3) is 0.471. The van der Waals surface area contributed by atoms with Crippen LogP contribution in [0.5, 0.6) is 0 Å². The minimum Gasteiger partial charge on any atom is -0.362 e. The molecule has 1 aliphatic rings. The Labute approximate surface area is 140 Å². The molecule has 0 saturated carbocycles. The number of H-pyrrole nitrogens is 1. The highest BCUT2D eigenvalue weighted by molar-refractivity contribution is 5.86. The molecule has 0 spiro atoms. The minimum absolute atomic E-state index is 0.00823. The van der Waals surface area contributed by atoms with Crippen molar-refractivity contribution in [2.45, 2.75) is 25.4 Å². The van der Waals surface area contributed by atoms with Crippen LogP contribution in [-0.2, 0) is 20.7 Å². The number of amides is 2. The van der Waals surface area contributed by atoms with E-state index < -0.39 is 5.60 Å². The number of para-hydroxylation sites is 2. The van der Waals surface area contributed by atoms with Gasteiger partial charge in [-0.1, -0.05) is 12.1 Å². The molecule has 2 N–H and O–H groups in total. The monoisotopic (exact) mass is 330 g/mol. The number of hydrogen-bond donors (Lipinski definition) is 2. The van der Waals surface area contributed by atoms with Gasteiger partial charge in [0.1, 0.15) is 5.82 Å². The molecule has 7 nitrogen and oxygen atoms in total. The molecule has 1 fully saturated rings. The molecule has 3 rings (SSSR count). The number of ether oxygens (including phenoxy) is 1. The Morgan fingerprint density at radius 1 is 1.42 bits per heavy atom. The molecule has 24 heavy (non-hydrogen) atoms. The summed E-state index contributed by atoms with van der Waals surface area (Å²) in [4.78, 5) is 33.8. The maximum Gasteiger partial charge on any atom is 0.253 e. The molecule has 0 radical (unpaired) electrons. The topological polar surface area (TPSA) is 87.3 Å². The summed E-state index contributed by atoms with van der Waals surface area (Å²) in [5.41, 5.74) is 0.888. The number of hydrogen-bond acceptors (Lipinski definition) is 4. The van der Waals surface area contributed by atoms with Crippen LogP contribution < -0.4 is 5.32 Å². The van der Waals surface area contributed by atoms with E-state index in [4.69, 9.17) is 4.74 Å². The Kier molecular flexibility index (Phi) is 4.53. The molecule has 1 saturated heterocycles. The lowest BCUT2D eigenvalue weighted by Gasteiger charge is -2.39. The lowest BCUT2D eigenvalue weighted by Crippen LogP contribution is -2.58. The van der Waals surface area contributed by atoms with Crippen LogP contribution in [-0.4, -0.2) is 59.0 Å². The number of likely N-dealkylation sites (N-methyl/N-ethyl adjacent to an activating group) is 1. The van der Waals surface area contributed by atoms with Crippen molar-refractivity contribution in [1.29, 1.82) is 0 Å². The average Bonchev–Trinajstić information content (AvgIpc) is 3.01. The molecule has 2 aromatic rings. The van der Waals surface area contributed by atoms with E-state index >= 15 is 0 Å². The van der Waals surface area contributed by atoms with Crippen LogP contribution >= 0.6 is 0 Å². The molecule has 2 amide bonds. The maximum absolute atomic E-state index is 12.5. The number of carbonyl (C=O) groups is 2. The summed E-state index contributed by atoms with van der Waals surface area (Å²) in [5.74, 6) is 0.595. The van der Waals surface area contributed by atoms with E-state index in [1.165, 1.54) is 0 Å². The number of carbonyl (C=O) groups excluding carboxylic acids is 2. The normalized spacial score (nSPS) is 21.0. The Hall–Kier alpha value is -2.41. The predicted octanol–water partition coefficient (Wildman–Crippen LogP) is 0.859. The molecule has 0 unspecified atom stereocenters. The van der Waals surface area contributed by atoms with Gasteiger partial charge in [0.05, 0.1) is 24.2 Å². The Morgan fingerprint density at radius 2 is 2.21 bits per heavy atom. The smallest absolute Gasteiger partial charge is 0.253 e. The van der Waals surface area contributed by atoms with Crippen molar-refractivity contribution in [2.24, 2.45) is 0 Å². The van der Waals surface area contributed by atoms with Gasteiger partial charge >= 0.3 is 0 Å². The Bertz CT molecular complexity index is 724. The lowest BCUT2D eigenvalue weighted by atomic mass is 10.0. The number of aromatic amines is 1. The van der Waals surface area contributed by atoms with Gasteiger partial charge < -0.3 is 19.9 Å². The van der Waals surface area contributed by atoms with Crippen molar-refractivity contribution < 1.29 is 14.3 Å². The summed E-state index contributed by atoms with van der Waals surface area (Å²) in [6.07, 6.45) is 0.894. The zero-order valence-corrected chi connectivity index (χ0v) is 14.0. The highest BCUT2D eigenvalue weighted by atomic mass is 16.5. The first-order chi connectivity index (χ1) is 11.5. The average molecular weight is 330 g/mol. The fourth-order valence-electron chi connectivity index (χ4n) is 2.99. The SMILES string of the molecule is CNC(=O)[C@@]1(C)CN(C(=O)CCc2nc3ccccc3[nH]2)CCO1. The quantitative estimate of drug-likeness (QED) is 0.870. The van der Waals surface area contributed by atoms with Gasteiger partial charge in [-0.25, -0.2) is 4.98 Å². The van der Waals surface area contributed by atoms with Crippen molar-refractivity contribution in [3.8, 4) is 0 Å². The molecule has 0 aliphatic carbocycles. The minimum atomic E-state index is -0.984. The number of aryl methyl sites for hydroxylation is 1. The van der Waals surface area contributed by atoms with Crippen LogP contribution in [0.15, 0.2) is 24.3 Å². The number of aromatic nitrogens is 2. The van der Waals surface area contributed by atoms with Gasteiger partial charge in [0.25, 0.3) is 5.91 Å². The van der Waals surface area contributed by atoms with Gasteiger partial charge in [-0.05, 0) is 19.1 Å². The molecule has 128 valence electrons. The van der Waals surface area contributed by atoms with Crippen LogP contribution in [0.25, 0.3) is 11.0 Å². The first-order valence-corrected chi connectivity index (χ1v) is 8.09. The van der Waals surface area contributed by atoms with E-state index in [2.05, 4.69) is 15.3 Å². The van der Waals surface area contributed by atoms with E-state index in [1.807, 2.05) is 24.3 Å². The largest absolute Gasteiger partial charge is 0.362 e. The fourth-order valence-corrected chi connectivity index (χ4v) is 2.99. The number of rotatable bonds is 4. The standard InChI is InChI=1S/C17H22N4O3/c1-17(16(23)18-2)11-21(9-10-24-17)15(22)8-7-14-19-12-5-3-4-6-13(12)20-14/h3-6H,7-11H2,1-2H3,(H,18,23)(H,19,20)/t17-/m1/s1. The Morgan fingerprint density at radius 3 is 2.96 bits per heavy atom. The molecular formula is C17H22N4O3. The highest BCUT2D eigenvalue weighted by Crippen LogP contribution is 2.19. The van der Waals surface area contributed by atoms with E-state index in [-0.39, 0.29) is 18.4 Å². The van der Waals surface area contributed by atoms with E-state index in [0.29, 0.717) is 26.0 Å². The predicted molar refractivity (Wildman–Crippen MR) is 89.4 cm³/mol. The summed E-state index contributed by atoms with van der Waals surface area (Å²) in [6, 6.07) is 7.78. The molecule has 1 aromatic carbocycles. The number of nitrogens with zero attached hydrogens (tertiary/aromatic N) is 2. The molecule has 1 aliphatic heterocycles. The van der Waals surface area contributed by atoms with Crippen LogP contribution in [0.1, 0.15) is 19.2 Å². The van der Waals surface area contributed by atoms with Gasteiger partial charge in [-0.2, -0.15) is 0 Å². The maximum atomic E-state index is 12.5. The Balaban J connectivity index is 1.61. The van der Waals surface area contributed by atoms with Gasteiger partial charge in [0.15, 0.2) is 5.60 Å². The van der Waals surface area contributed by atoms with E-state index in [0.717, 1.165) is 16.9 Å². The van der Waals surface area contributed by atoms with Crippen molar-refractivity contribution in [2.75, 3.05) is 26.7 Å². The first-order valence-electron chi connectivity index (χ1n) is 8.09. The zero-order valence-electron chi connectivity index (χ0n) is 14.0. The molecule has 7 heteroatoms. The number of nitrogens with one attached hydrogen (secondary N) is 2. The second-order valence-corrected chi connectivity index (χ2v) is 6.17. The molecular weight excluding hydrogens is 308 g/mol. The molecule has 1 aromatic heterocycles. The number of benzene rings is 1. The van der Waals surface area contributed by atoms with Crippen LogP contribution in [0.2, 0.25) is 0 Å². The summed E-state index contributed by atoms with van der Waals surface area (Å²) in [7, 11) is 1.57. The van der Waals surface area contributed by atoms with Crippen molar-refractivity contribution >= 4 is 22.8 Å². The lowest BCUT2D eigenvalue weighted by molar-refractivity contribution is -0.162. The second-order valence-electron chi connectivity index (χ2n) is 6.17. The van der Waals surface area contributed by atoms with Gasteiger partial charge in [-0.15, -0.1) is 0 Å². The van der Waals surface area contributed by atoms with E-state index in [9.17, 15) is 9.59 Å².